The van der Waals surface area contributed by atoms with Gasteiger partial charge in [0.1, 0.15) is 0 Å². The van der Waals surface area contributed by atoms with Crippen LogP contribution in [-0.4, -0.2) is 10.5 Å². The van der Waals surface area contributed by atoms with Gasteiger partial charge >= 0.3 is 66.0 Å². The summed E-state index contributed by atoms with van der Waals surface area (Å²) in [5, 5.41) is 1.85. The van der Waals surface area contributed by atoms with Gasteiger partial charge in [-0.05, 0) is 37.1 Å². The van der Waals surface area contributed by atoms with Crippen LogP contribution >= 0.6 is 15.6 Å². The van der Waals surface area contributed by atoms with E-state index in [4.69, 9.17) is 0 Å². The first-order valence-electron chi connectivity index (χ1n) is 10.6. The van der Waals surface area contributed by atoms with Gasteiger partial charge in [0, 0.05) is 12.8 Å². The van der Waals surface area contributed by atoms with Crippen molar-refractivity contribution in [2.75, 3.05) is 0 Å². The minimum Gasteiger partial charge on any atom is -0.0569 e. The van der Waals surface area contributed by atoms with Crippen LogP contribution < -0.4 is 0 Å². The molecule has 2 aromatic carbocycles. The van der Waals surface area contributed by atoms with Crippen LogP contribution in [0.2, 0.25) is 0 Å². The summed E-state index contributed by atoms with van der Waals surface area (Å²) in [4.78, 5) is 6.75. The van der Waals surface area contributed by atoms with Crippen molar-refractivity contribution < 1.29 is 50.4 Å². The fourth-order valence-corrected chi connectivity index (χ4v) is 11.7. The fraction of sp³-hybridized carbons (Fsp3) is 0.400. The Morgan fingerprint density at radius 3 is 0.889 bits per heavy atom. The van der Waals surface area contributed by atoms with Gasteiger partial charge in [-0.3, -0.25) is 0 Å². The van der Waals surface area contributed by atoms with Crippen molar-refractivity contribution in [2.24, 2.45) is 0 Å². The SMILES string of the molecule is F[P-](F)(F)(F)(F)F.F[P-](F)(F)(F)(F)F.c1ccc2c(c1)[S+]1c3ccccc3[S+]2C2CCCCCCC21. The van der Waals surface area contributed by atoms with Gasteiger partial charge in [0.25, 0.3) is 0 Å². The quantitative estimate of drug-likeness (QED) is 0.157. The Bertz CT molecular complexity index is 958. The zero-order valence-corrected chi connectivity index (χ0v) is 21.7. The predicted octanol–water partition coefficient (Wildman–Crippen LogP) is 11.9. The number of benzene rings is 2. The topological polar surface area (TPSA) is 0 Å². The second-order valence-corrected chi connectivity index (χ2v) is 16.7. The number of hydrogen-bond acceptors (Lipinski definition) is 0. The molecule has 0 aromatic heterocycles. The zero-order valence-electron chi connectivity index (χ0n) is 18.3. The van der Waals surface area contributed by atoms with E-state index in [9.17, 15) is 50.4 Å². The van der Waals surface area contributed by atoms with Crippen molar-refractivity contribution >= 4 is 37.4 Å². The molecular formula is C20H22F12P2S2. The van der Waals surface area contributed by atoms with Gasteiger partial charge in [0.05, 0.1) is 21.8 Å². The van der Waals surface area contributed by atoms with Crippen LogP contribution in [0.3, 0.4) is 0 Å². The van der Waals surface area contributed by atoms with Gasteiger partial charge in [-0.15, -0.1) is 0 Å². The molecule has 208 valence electrons. The van der Waals surface area contributed by atoms with E-state index in [0.717, 1.165) is 10.5 Å². The van der Waals surface area contributed by atoms with E-state index in [0.29, 0.717) is 21.8 Å². The van der Waals surface area contributed by atoms with Crippen molar-refractivity contribution in [1.29, 1.82) is 0 Å². The minimum atomic E-state index is -10.7. The largest absolute Gasteiger partial charge is 0.216 e. The normalized spacial score (nSPS) is 28.8. The molecule has 0 nitrogen and oxygen atoms in total. The Morgan fingerprint density at radius 2 is 0.667 bits per heavy atom. The van der Waals surface area contributed by atoms with Crippen molar-refractivity contribution in [3.63, 3.8) is 0 Å². The first kappa shape index (κ1) is 29.7. The zero-order chi connectivity index (χ0) is 27.3. The second kappa shape index (κ2) is 8.33. The number of hydrogen-bond donors (Lipinski definition) is 0. The molecule has 0 radical (unpaired) electrons. The summed E-state index contributed by atoms with van der Waals surface area (Å²) < 4.78 is 118. The van der Waals surface area contributed by atoms with Gasteiger partial charge in [-0.25, -0.2) is 0 Å². The van der Waals surface area contributed by atoms with Crippen LogP contribution in [0.4, 0.5) is 50.4 Å². The molecule has 0 amide bonds. The van der Waals surface area contributed by atoms with E-state index < -0.39 is 15.6 Å². The van der Waals surface area contributed by atoms with E-state index in [2.05, 4.69) is 48.5 Å². The molecule has 0 N–H and O–H groups in total. The van der Waals surface area contributed by atoms with Gasteiger partial charge in [-0.2, -0.15) is 0 Å². The average Bonchev–Trinajstić information content (AvgIpc) is 2.63. The Kier molecular flexibility index (Phi) is 6.87. The summed E-state index contributed by atoms with van der Waals surface area (Å²) >= 11 is 0. The molecule has 4 aliphatic rings. The van der Waals surface area contributed by atoms with Gasteiger partial charge in [0.15, 0.2) is 10.5 Å². The standard InChI is InChI=1S/C20H22S2.2F6P/c1-2-4-10-16-15(9-3-1)21-17-11-5-7-13-19(17)22(16)20-14-8-6-12-18(20)21;2*1-7(2,3,4,5)6/h5-8,11-16H,1-4,9-10H2;;/q+2;2*-1. The average molecular weight is 616 g/mol. The Labute approximate surface area is 205 Å². The molecule has 3 aliphatic heterocycles. The molecule has 1 fully saturated rings. The third-order valence-electron chi connectivity index (χ3n) is 5.39. The van der Waals surface area contributed by atoms with Gasteiger partial charge in [-0.1, -0.05) is 37.1 Å². The molecule has 6 rings (SSSR count). The maximum atomic E-state index is 9.87. The van der Waals surface area contributed by atoms with E-state index in [1.807, 2.05) is 0 Å². The maximum Gasteiger partial charge on any atom is 0.216 e. The maximum absolute atomic E-state index is 10.7. The summed E-state index contributed by atoms with van der Waals surface area (Å²) in [5.41, 5.74) is 0. The number of rotatable bonds is 0. The molecule has 3 heterocycles. The van der Waals surface area contributed by atoms with Crippen LogP contribution in [0, 0.1) is 0 Å². The molecule has 0 saturated heterocycles. The van der Waals surface area contributed by atoms with E-state index >= 15 is 0 Å². The molecule has 16 heteroatoms. The summed E-state index contributed by atoms with van der Waals surface area (Å²) in [5.74, 6) is 0. The third-order valence-corrected chi connectivity index (χ3v) is 11.5. The third kappa shape index (κ3) is 10.1. The molecule has 0 spiro atoms. The molecule has 2 aromatic rings. The summed E-state index contributed by atoms with van der Waals surface area (Å²) in [6.07, 6.45) is 8.73. The monoisotopic (exact) mass is 616 g/mol. The summed E-state index contributed by atoms with van der Waals surface area (Å²) in [6, 6.07) is 18.8. The van der Waals surface area contributed by atoms with Crippen LogP contribution in [-0.2, 0) is 21.8 Å². The Balaban J connectivity index is 0.000000216. The summed E-state index contributed by atoms with van der Waals surface area (Å²) in [7, 11) is -20.6. The van der Waals surface area contributed by atoms with Crippen molar-refractivity contribution in [1.82, 2.24) is 0 Å². The van der Waals surface area contributed by atoms with Gasteiger partial charge in [0.2, 0.25) is 19.6 Å². The van der Waals surface area contributed by atoms with Gasteiger partial charge < -0.3 is 0 Å². The Hall–Kier alpha value is -0.840. The second-order valence-electron chi connectivity index (χ2n) is 8.55. The molecule has 1 saturated carbocycles. The molecule has 2 unspecified atom stereocenters. The van der Waals surface area contributed by atoms with E-state index in [1.165, 1.54) is 38.5 Å². The summed E-state index contributed by atoms with van der Waals surface area (Å²) in [6.45, 7) is 0. The van der Waals surface area contributed by atoms with E-state index in [1.54, 1.807) is 19.6 Å². The minimum absolute atomic E-state index is 0.336. The smallest absolute Gasteiger partial charge is 0.0569 e. The predicted molar refractivity (Wildman–Crippen MR) is 123 cm³/mol. The fourth-order valence-electron chi connectivity index (χ4n) is 4.47. The first-order valence-corrected chi connectivity index (χ1v) is 17.3. The molecule has 2 bridgehead atoms. The van der Waals surface area contributed by atoms with Crippen molar-refractivity contribution in [3.05, 3.63) is 48.5 Å². The first-order chi connectivity index (χ1) is 15.8. The Morgan fingerprint density at radius 1 is 0.444 bits per heavy atom. The van der Waals surface area contributed by atoms with Crippen molar-refractivity contribution in [2.45, 2.75) is 68.6 Å². The van der Waals surface area contributed by atoms with Crippen LogP contribution in [0.1, 0.15) is 38.5 Å². The number of halogens is 12. The van der Waals surface area contributed by atoms with Crippen LogP contribution in [0.5, 0.6) is 0 Å². The molecule has 1 aliphatic carbocycles. The molecular weight excluding hydrogens is 594 g/mol. The molecule has 2 atom stereocenters. The van der Waals surface area contributed by atoms with Crippen LogP contribution in [0.15, 0.2) is 68.1 Å². The van der Waals surface area contributed by atoms with E-state index in [-0.39, 0.29) is 0 Å². The van der Waals surface area contributed by atoms with Crippen molar-refractivity contribution in [3.8, 4) is 0 Å². The van der Waals surface area contributed by atoms with Crippen LogP contribution in [0.25, 0.3) is 0 Å². The molecule has 36 heavy (non-hydrogen) atoms.